The fraction of sp³-hybridized carbons (Fsp3) is 0.400. The van der Waals surface area contributed by atoms with Crippen LogP contribution in [0.5, 0.6) is 5.75 Å². The Labute approximate surface area is 123 Å². The SMILES string of the molecule is CCC(C)Oc1ccc(N2N=C(C)C(C(=O)O)C2=O)cc1. The van der Waals surface area contributed by atoms with Crippen LogP contribution in [0.1, 0.15) is 27.2 Å². The molecule has 2 atom stereocenters. The van der Waals surface area contributed by atoms with Gasteiger partial charge in [-0.2, -0.15) is 10.1 Å². The van der Waals surface area contributed by atoms with Crippen LogP contribution in [-0.2, 0) is 9.59 Å². The number of carboxylic acids is 1. The number of carbonyl (C=O) groups is 2. The molecular formula is C15H18N2O4. The van der Waals surface area contributed by atoms with Crippen molar-refractivity contribution in [1.29, 1.82) is 0 Å². The third kappa shape index (κ3) is 3.04. The second-order valence-corrected chi connectivity index (χ2v) is 4.99. The summed E-state index contributed by atoms with van der Waals surface area (Å²) in [7, 11) is 0. The van der Waals surface area contributed by atoms with E-state index in [1.165, 1.54) is 6.92 Å². The zero-order valence-corrected chi connectivity index (χ0v) is 12.2. The van der Waals surface area contributed by atoms with E-state index in [0.29, 0.717) is 11.4 Å². The third-order valence-electron chi connectivity index (χ3n) is 3.37. The predicted molar refractivity (Wildman–Crippen MR) is 78.5 cm³/mol. The van der Waals surface area contributed by atoms with Crippen LogP contribution >= 0.6 is 0 Å². The van der Waals surface area contributed by atoms with Crippen LogP contribution in [0.25, 0.3) is 0 Å². The number of hydrogen-bond donors (Lipinski definition) is 1. The van der Waals surface area contributed by atoms with Crippen molar-refractivity contribution in [3.8, 4) is 5.75 Å². The lowest BCUT2D eigenvalue weighted by atomic mass is 10.1. The fourth-order valence-corrected chi connectivity index (χ4v) is 2.02. The number of carbonyl (C=O) groups excluding carboxylic acids is 1. The van der Waals surface area contributed by atoms with Crippen LogP contribution in [-0.4, -0.2) is 28.8 Å². The Morgan fingerprint density at radius 2 is 2.05 bits per heavy atom. The molecule has 0 aromatic heterocycles. The van der Waals surface area contributed by atoms with Crippen molar-refractivity contribution in [1.82, 2.24) is 0 Å². The molecule has 0 fully saturated rings. The predicted octanol–water partition coefficient (Wildman–Crippen LogP) is 2.29. The van der Waals surface area contributed by atoms with Gasteiger partial charge in [0.05, 0.1) is 17.5 Å². The maximum atomic E-state index is 12.1. The highest BCUT2D eigenvalue weighted by Gasteiger charge is 2.39. The van der Waals surface area contributed by atoms with E-state index in [1.807, 2.05) is 13.8 Å². The molecule has 0 radical (unpaired) electrons. The molecule has 1 aromatic rings. The summed E-state index contributed by atoms with van der Waals surface area (Å²) >= 11 is 0. The summed E-state index contributed by atoms with van der Waals surface area (Å²) in [5, 5.41) is 14.2. The van der Waals surface area contributed by atoms with Crippen molar-refractivity contribution in [2.24, 2.45) is 11.0 Å². The molecule has 0 saturated carbocycles. The lowest BCUT2D eigenvalue weighted by molar-refractivity contribution is -0.142. The molecule has 1 N–H and O–H groups in total. The van der Waals surface area contributed by atoms with Gasteiger partial charge >= 0.3 is 5.97 Å². The fourth-order valence-electron chi connectivity index (χ4n) is 2.02. The lowest BCUT2D eigenvalue weighted by Crippen LogP contribution is -2.32. The van der Waals surface area contributed by atoms with Gasteiger partial charge in [0.25, 0.3) is 5.91 Å². The van der Waals surface area contributed by atoms with Gasteiger partial charge in [0.2, 0.25) is 0 Å². The second-order valence-electron chi connectivity index (χ2n) is 4.99. The minimum absolute atomic E-state index is 0.112. The first kappa shape index (κ1) is 15.0. The van der Waals surface area contributed by atoms with Crippen molar-refractivity contribution in [2.75, 3.05) is 5.01 Å². The van der Waals surface area contributed by atoms with E-state index >= 15 is 0 Å². The van der Waals surface area contributed by atoms with Crippen molar-refractivity contribution < 1.29 is 19.4 Å². The highest BCUT2D eigenvalue weighted by Crippen LogP contribution is 2.26. The standard InChI is InChI=1S/C15H18N2O4/c1-4-9(2)21-12-7-5-11(6-8-12)17-14(18)13(15(19)20)10(3)16-17/h5-9,13H,4H2,1-3H3,(H,19,20). The molecule has 6 nitrogen and oxygen atoms in total. The summed E-state index contributed by atoms with van der Waals surface area (Å²) < 4.78 is 5.66. The first-order valence-corrected chi connectivity index (χ1v) is 6.82. The number of amides is 1. The molecule has 6 heteroatoms. The van der Waals surface area contributed by atoms with E-state index < -0.39 is 17.8 Å². The first-order valence-electron chi connectivity index (χ1n) is 6.82. The smallest absolute Gasteiger partial charge is 0.322 e. The van der Waals surface area contributed by atoms with Crippen molar-refractivity contribution >= 4 is 23.3 Å². The number of carboxylic acid groups (broad SMARTS) is 1. The molecule has 112 valence electrons. The monoisotopic (exact) mass is 290 g/mol. The van der Waals surface area contributed by atoms with Gasteiger partial charge in [-0.15, -0.1) is 0 Å². The summed E-state index contributed by atoms with van der Waals surface area (Å²) in [4.78, 5) is 23.1. The molecule has 2 rings (SSSR count). The van der Waals surface area contributed by atoms with E-state index in [-0.39, 0.29) is 11.8 Å². The van der Waals surface area contributed by atoms with E-state index in [1.54, 1.807) is 24.3 Å². The number of rotatable bonds is 5. The molecule has 0 saturated heterocycles. The molecule has 1 heterocycles. The molecule has 0 spiro atoms. The number of hydrazone groups is 1. The van der Waals surface area contributed by atoms with Crippen LogP contribution in [0.15, 0.2) is 29.4 Å². The maximum absolute atomic E-state index is 12.1. The van der Waals surface area contributed by atoms with Crippen LogP contribution < -0.4 is 9.75 Å². The maximum Gasteiger partial charge on any atom is 0.322 e. The van der Waals surface area contributed by atoms with Gasteiger partial charge < -0.3 is 9.84 Å². The molecule has 1 aromatic carbocycles. The largest absolute Gasteiger partial charge is 0.491 e. The van der Waals surface area contributed by atoms with Gasteiger partial charge in [0.15, 0.2) is 5.92 Å². The molecule has 0 bridgehead atoms. The highest BCUT2D eigenvalue weighted by atomic mass is 16.5. The molecule has 1 aliphatic rings. The van der Waals surface area contributed by atoms with Gasteiger partial charge in [-0.1, -0.05) is 6.92 Å². The number of benzene rings is 1. The van der Waals surface area contributed by atoms with E-state index in [9.17, 15) is 9.59 Å². The van der Waals surface area contributed by atoms with Crippen LogP contribution in [0, 0.1) is 5.92 Å². The van der Waals surface area contributed by atoms with Crippen molar-refractivity contribution in [3.63, 3.8) is 0 Å². The van der Waals surface area contributed by atoms with Crippen LogP contribution in [0.3, 0.4) is 0 Å². The number of anilines is 1. The minimum Gasteiger partial charge on any atom is -0.491 e. The zero-order valence-electron chi connectivity index (χ0n) is 12.2. The quantitative estimate of drug-likeness (QED) is 0.844. The number of aliphatic carboxylic acids is 1. The Kier molecular flexibility index (Phi) is 4.26. The summed E-state index contributed by atoms with van der Waals surface area (Å²) in [5.41, 5.74) is 0.812. The van der Waals surface area contributed by atoms with Gasteiger partial charge in [0, 0.05) is 0 Å². The Morgan fingerprint density at radius 3 is 2.52 bits per heavy atom. The highest BCUT2D eigenvalue weighted by molar-refractivity contribution is 6.25. The Morgan fingerprint density at radius 1 is 1.43 bits per heavy atom. The minimum atomic E-state index is -1.19. The summed E-state index contributed by atoms with van der Waals surface area (Å²) in [6.07, 6.45) is 1.01. The number of hydrogen-bond acceptors (Lipinski definition) is 4. The van der Waals surface area contributed by atoms with Crippen molar-refractivity contribution in [3.05, 3.63) is 24.3 Å². The van der Waals surface area contributed by atoms with Gasteiger partial charge in [0.1, 0.15) is 5.75 Å². The zero-order chi connectivity index (χ0) is 15.6. The van der Waals surface area contributed by atoms with Crippen LogP contribution in [0.4, 0.5) is 5.69 Å². The van der Waals surface area contributed by atoms with Gasteiger partial charge in [-0.25, -0.2) is 0 Å². The summed E-state index contributed by atoms with van der Waals surface area (Å²) in [6.45, 7) is 5.55. The Balaban J connectivity index is 2.17. The molecule has 21 heavy (non-hydrogen) atoms. The summed E-state index contributed by atoms with van der Waals surface area (Å²) in [6, 6.07) is 6.87. The topological polar surface area (TPSA) is 79.2 Å². The molecular weight excluding hydrogens is 272 g/mol. The van der Waals surface area contributed by atoms with E-state index in [0.717, 1.165) is 11.4 Å². The first-order chi connectivity index (χ1) is 9.93. The molecule has 1 amide bonds. The van der Waals surface area contributed by atoms with Gasteiger partial charge in [-0.3, -0.25) is 9.59 Å². The molecule has 1 aliphatic heterocycles. The van der Waals surface area contributed by atoms with Crippen LogP contribution in [0.2, 0.25) is 0 Å². The van der Waals surface area contributed by atoms with Gasteiger partial charge in [-0.05, 0) is 44.5 Å². The molecule has 2 unspecified atom stereocenters. The number of nitrogens with zero attached hydrogens (tertiary/aromatic N) is 2. The Hall–Kier alpha value is -2.37. The summed E-state index contributed by atoms with van der Waals surface area (Å²) in [5.74, 6) is -2.22. The average molecular weight is 290 g/mol. The lowest BCUT2D eigenvalue weighted by Gasteiger charge is -2.15. The molecule has 0 aliphatic carbocycles. The van der Waals surface area contributed by atoms with Crippen molar-refractivity contribution in [2.45, 2.75) is 33.3 Å². The average Bonchev–Trinajstić information content (AvgIpc) is 2.74. The Bertz CT molecular complexity index is 580. The third-order valence-corrected chi connectivity index (χ3v) is 3.37. The normalized spacial score (nSPS) is 19.4. The second kappa shape index (κ2) is 5.95. The van der Waals surface area contributed by atoms with E-state index in [4.69, 9.17) is 9.84 Å². The van der Waals surface area contributed by atoms with E-state index in [2.05, 4.69) is 5.10 Å². The number of ether oxygens (including phenoxy) is 1.